The van der Waals surface area contributed by atoms with Crippen LogP contribution >= 0.6 is 0 Å². The number of H-pyrrole nitrogens is 1. The summed E-state index contributed by atoms with van der Waals surface area (Å²) in [5, 5.41) is 2.34. The number of aromatic nitrogens is 2. The first-order valence-electron chi connectivity index (χ1n) is 11.4. The molecule has 166 valence electrons. The number of fused-ring (bicyclic) bond motifs is 4. The van der Waals surface area contributed by atoms with E-state index in [4.69, 9.17) is 4.74 Å². The zero-order chi connectivity index (χ0) is 23.2. The summed E-state index contributed by atoms with van der Waals surface area (Å²) in [5.41, 5.74) is 3.84. The van der Waals surface area contributed by atoms with Gasteiger partial charge >= 0.3 is 0 Å². The minimum Gasteiger partial charge on any atom is -0.492 e. The molecule has 0 saturated carbocycles. The molecule has 0 radical (unpaired) electrons. The Kier molecular flexibility index (Phi) is 4.69. The zero-order valence-electron chi connectivity index (χ0n) is 18.7. The summed E-state index contributed by atoms with van der Waals surface area (Å²) in [5.74, 6) is 0.624. The van der Waals surface area contributed by atoms with Crippen molar-refractivity contribution < 1.29 is 4.74 Å². The maximum atomic E-state index is 13.5. The van der Waals surface area contributed by atoms with Crippen molar-refractivity contribution in [2.45, 2.75) is 13.5 Å². The fourth-order valence-corrected chi connectivity index (χ4v) is 4.80. The molecule has 0 atom stereocenters. The van der Waals surface area contributed by atoms with Gasteiger partial charge in [0.2, 0.25) is 0 Å². The first-order valence-corrected chi connectivity index (χ1v) is 11.4. The van der Waals surface area contributed by atoms with E-state index in [-0.39, 0.29) is 10.9 Å². The number of rotatable bonds is 4. The molecule has 6 rings (SSSR count). The van der Waals surface area contributed by atoms with Gasteiger partial charge in [-0.1, -0.05) is 48.5 Å². The van der Waals surface area contributed by atoms with Gasteiger partial charge in [0.15, 0.2) is 10.9 Å². The third kappa shape index (κ3) is 3.09. The molecule has 2 aromatic heterocycles. The molecule has 0 fully saturated rings. The van der Waals surface area contributed by atoms with Gasteiger partial charge in [0.25, 0.3) is 0 Å². The van der Waals surface area contributed by atoms with Gasteiger partial charge in [0, 0.05) is 28.1 Å². The number of nitrogens with one attached hydrogen (secondary N) is 1. The standard InChI is InChI=1S/C29H22N2O3/c1-2-34-26-14-8-12-20-27(26)30-23-15-22-25(16-21(23)29(20)33)31(17-18-9-4-3-5-10-18)24-13-7-6-11-19(24)28(22)32/h3-16H,2,17H2,1H3,(H,30,33). The zero-order valence-corrected chi connectivity index (χ0v) is 18.7. The van der Waals surface area contributed by atoms with Crippen LogP contribution in [0.4, 0.5) is 0 Å². The molecule has 0 spiro atoms. The van der Waals surface area contributed by atoms with Gasteiger partial charge < -0.3 is 14.3 Å². The van der Waals surface area contributed by atoms with E-state index >= 15 is 0 Å². The normalized spacial score (nSPS) is 11.6. The van der Waals surface area contributed by atoms with Crippen molar-refractivity contribution >= 4 is 43.6 Å². The Morgan fingerprint density at radius 1 is 0.735 bits per heavy atom. The van der Waals surface area contributed by atoms with Gasteiger partial charge in [-0.3, -0.25) is 9.59 Å². The molecule has 1 N–H and O–H groups in total. The molecule has 5 heteroatoms. The number of hydrogen-bond acceptors (Lipinski definition) is 3. The van der Waals surface area contributed by atoms with Crippen LogP contribution in [-0.2, 0) is 6.54 Å². The number of nitrogens with zero attached hydrogens (tertiary/aromatic N) is 1. The number of para-hydroxylation sites is 2. The van der Waals surface area contributed by atoms with E-state index in [0.717, 1.165) is 16.6 Å². The lowest BCUT2D eigenvalue weighted by Gasteiger charge is -2.16. The Labute approximate surface area is 194 Å². The summed E-state index contributed by atoms with van der Waals surface area (Å²) < 4.78 is 7.87. The van der Waals surface area contributed by atoms with Crippen molar-refractivity contribution in [1.29, 1.82) is 0 Å². The van der Waals surface area contributed by atoms with E-state index in [1.165, 1.54) is 0 Å². The van der Waals surface area contributed by atoms with Gasteiger partial charge in [0.1, 0.15) is 5.75 Å². The largest absolute Gasteiger partial charge is 0.492 e. The molecule has 0 aliphatic carbocycles. The summed E-state index contributed by atoms with van der Waals surface area (Å²) in [4.78, 5) is 30.4. The number of hydrogen-bond donors (Lipinski definition) is 1. The maximum Gasteiger partial charge on any atom is 0.197 e. The predicted octanol–water partition coefficient (Wildman–Crippen LogP) is 5.60. The average Bonchev–Trinajstić information content (AvgIpc) is 2.87. The van der Waals surface area contributed by atoms with Crippen LogP contribution in [0.5, 0.6) is 5.75 Å². The summed E-state index contributed by atoms with van der Waals surface area (Å²) >= 11 is 0. The van der Waals surface area contributed by atoms with Gasteiger partial charge in [0.05, 0.1) is 28.7 Å². The smallest absolute Gasteiger partial charge is 0.197 e. The molecule has 2 heterocycles. The lowest BCUT2D eigenvalue weighted by atomic mass is 10.0. The van der Waals surface area contributed by atoms with E-state index < -0.39 is 0 Å². The predicted molar refractivity (Wildman–Crippen MR) is 138 cm³/mol. The third-order valence-corrected chi connectivity index (χ3v) is 6.37. The average molecular weight is 447 g/mol. The molecule has 0 amide bonds. The van der Waals surface area contributed by atoms with E-state index in [1.807, 2.05) is 73.7 Å². The van der Waals surface area contributed by atoms with Gasteiger partial charge in [-0.15, -0.1) is 0 Å². The van der Waals surface area contributed by atoms with Crippen LogP contribution in [0.25, 0.3) is 43.6 Å². The molecular formula is C29H22N2O3. The van der Waals surface area contributed by atoms with Crippen LogP contribution in [0.15, 0.2) is 94.5 Å². The summed E-state index contributed by atoms with van der Waals surface area (Å²) in [6.45, 7) is 2.99. The highest BCUT2D eigenvalue weighted by molar-refractivity contribution is 6.04. The minimum absolute atomic E-state index is 0.0455. The monoisotopic (exact) mass is 446 g/mol. The molecule has 34 heavy (non-hydrogen) atoms. The maximum absolute atomic E-state index is 13.5. The Hall–Kier alpha value is -4.38. The molecule has 4 aromatic carbocycles. The molecular weight excluding hydrogens is 424 g/mol. The highest BCUT2D eigenvalue weighted by Gasteiger charge is 2.15. The highest BCUT2D eigenvalue weighted by atomic mass is 16.5. The molecule has 0 bridgehead atoms. The van der Waals surface area contributed by atoms with E-state index in [1.54, 1.807) is 6.07 Å². The molecule has 6 aromatic rings. The van der Waals surface area contributed by atoms with Crippen LogP contribution in [0.3, 0.4) is 0 Å². The third-order valence-electron chi connectivity index (χ3n) is 6.37. The second-order valence-electron chi connectivity index (χ2n) is 8.40. The molecule has 0 aliphatic rings. The van der Waals surface area contributed by atoms with Crippen LogP contribution in [0.2, 0.25) is 0 Å². The van der Waals surface area contributed by atoms with Crippen LogP contribution in [-0.4, -0.2) is 16.2 Å². The number of pyridine rings is 2. The Balaban J connectivity index is 1.75. The van der Waals surface area contributed by atoms with Crippen molar-refractivity contribution in [1.82, 2.24) is 9.55 Å². The first-order chi connectivity index (χ1) is 16.7. The van der Waals surface area contributed by atoms with Gasteiger partial charge in [-0.25, -0.2) is 0 Å². The number of aromatic amines is 1. The summed E-state index contributed by atoms with van der Waals surface area (Å²) in [7, 11) is 0. The van der Waals surface area contributed by atoms with Crippen LogP contribution < -0.4 is 15.6 Å². The van der Waals surface area contributed by atoms with E-state index in [9.17, 15) is 9.59 Å². The Bertz CT molecular complexity index is 1830. The molecule has 0 saturated heterocycles. The molecule has 5 nitrogen and oxygen atoms in total. The van der Waals surface area contributed by atoms with Crippen molar-refractivity contribution in [2.24, 2.45) is 0 Å². The Morgan fingerprint density at radius 2 is 1.47 bits per heavy atom. The second-order valence-corrected chi connectivity index (χ2v) is 8.40. The number of ether oxygens (including phenoxy) is 1. The fourth-order valence-electron chi connectivity index (χ4n) is 4.80. The van der Waals surface area contributed by atoms with Crippen molar-refractivity contribution in [3.8, 4) is 5.75 Å². The lowest BCUT2D eigenvalue weighted by molar-refractivity contribution is 0.343. The number of benzene rings is 4. The fraction of sp³-hybridized carbons (Fsp3) is 0.103. The van der Waals surface area contributed by atoms with E-state index in [2.05, 4.69) is 21.7 Å². The second kappa shape index (κ2) is 7.89. The van der Waals surface area contributed by atoms with Crippen molar-refractivity contribution in [3.63, 3.8) is 0 Å². The van der Waals surface area contributed by atoms with Crippen LogP contribution in [0.1, 0.15) is 12.5 Å². The van der Waals surface area contributed by atoms with Crippen molar-refractivity contribution in [2.75, 3.05) is 6.61 Å². The van der Waals surface area contributed by atoms with Gasteiger partial charge in [-0.2, -0.15) is 0 Å². The molecule has 0 aliphatic heterocycles. The summed E-state index contributed by atoms with van der Waals surface area (Å²) in [6, 6.07) is 26.9. The van der Waals surface area contributed by atoms with Crippen molar-refractivity contribution in [3.05, 3.63) is 111 Å². The summed E-state index contributed by atoms with van der Waals surface area (Å²) in [6.07, 6.45) is 0. The first kappa shape index (κ1) is 20.2. The van der Waals surface area contributed by atoms with Gasteiger partial charge in [-0.05, 0) is 48.9 Å². The van der Waals surface area contributed by atoms with Crippen LogP contribution in [0, 0.1) is 0 Å². The highest BCUT2D eigenvalue weighted by Crippen LogP contribution is 2.28. The molecule has 0 unspecified atom stereocenters. The quantitative estimate of drug-likeness (QED) is 0.359. The SMILES string of the molecule is CCOc1cccc2c(=O)c3cc4c(cc3[nH]c12)c(=O)c1ccccc1n4Cc1ccccc1. The minimum atomic E-state index is -0.0842. The lowest BCUT2D eigenvalue weighted by Crippen LogP contribution is -2.14. The topological polar surface area (TPSA) is 64.1 Å². The Morgan fingerprint density at radius 3 is 2.29 bits per heavy atom. The van der Waals surface area contributed by atoms with E-state index in [0.29, 0.717) is 51.5 Å².